The number of aromatic hydroxyl groups is 1. The monoisotopic (exact) mass is 402 g/mol. The van der Waals surface area contributed by atoms with Crippen LogP contribution in [0.1, 0.15) is 34.6 Å². The highest BCUT2D eigenvalue weighted by molar-refractivity contribution is 7.91. The standard InChI is InChI=1S/C19H18N2O6S/c1-3-28(26,27)12-8-9-16(22)15(10-12)20-17(23)11(2)21-18(24)13-6-4-5-7-14(13)19(21)25/h4-11,22H,3H2,1-2H3,(H,20,23). The van der Waals surface area contributed by atoms with Crippen molar-refractivity contribution in [2.45, 2.75) is 24.8 Å². The van der Waals surface area contributed by atoms with E-state index in [0.717, 1.165) is 17.0 Å². The number of benzene rings is 2. The molecule has 0 saturated carbocycles. The topological polar surface area (TPSA) is 121 Å². The molecule has 0 aromatic heterocycles. The maximum Gasteiger partial charge on any atom is 0.262 e. The molecule has 2 aromatic carbocycles. The number of fused-ring (bicyclic) bond motifs is 1. The fourth-order valence-electron chi connectivity index (χ4n) is 2.89. The highest BCUT2D eigenvalue weighted by atomic mass is 32.2. The Balaban J connectivity index is 1.86. The number of phenols is 1. The van der Waals surface area contributed by atoms with Crippen LogP contribution in [0.25, 0.3) is 0 Å². The van der Waals surface area contributed by atoms with Gasteiger partial charge in [-0.2, -0.15) is 0 Å². The molecule has 0 fully saturated rings. The molecule has 28 heavy (non-hydrogen) atoms. The first-order chi connectivity index (χ1) is 13.2. The number of amides is 3. The van der Waals surface area contributed by atoms with Crippen LogP contribution in [0.4, 0.5) is 5.69 Å². The Labute approximate surface area is 161 Å². The summed E-state index contributed by atoms with van der Waals surface area (Å²) in [5.41, 5.74) is 0.306. The first kappa shape index (κ1) is 19.6. The number of carbonyl (C=O) groups excluding carboxylic acids is 3. The van der Waals surface area contributed by atoms with Crippen molar-refractivity contribution in [2.75, 3.05) is 11.1 Å². The molecule has 9 heteroatoms. The van der Waals surface area contributed by atoms with Crippen molar-refractivity contribution < 1.29 is 27.9 Å². The van der Waals surface area contributed by atoms with E-state index >= 15 is 0 Å². The summed E-state index contributed by atoms with van der Waals surface area (Å²) in [6.07, 6.45) is 0. The lowest BCUT2D eigenvalue weighted by Gasteiger charge is -2.22. The van der Waals surface area contributed by atoms with E-state index in [0.29, 0.717) is 0 Å². The van der Waals surface area contributed by atoms with Gasteiger partial charge in [-0.1, -0.05) is 19.1 Å². The molecule has 0 bridgehead atoms. The Morgan fingerprint density at radius 1 is 1.11 bits per heavy atom. The lowest BCUT2D eigenvalue weighted by Crippen LogP contribution is -2.45. The fourth-order valence-corrected chi connectivity index (χ4v) is 3.80. The van der Waals surface area contributed by atoms with Crippen LogP contribution in [-0.4, -0.2) is 47.9 Å². The Morgan fingerprint density at radius 3 is 2.21 bits per heavy atom. The second kappa shape index (κ2) is 7.08. The molecule has 0 aliphatic carbocycles. The second-order valence-corrected chi connectivity index (χ2v) is 8.55. The van der Waals surface area contributed by atoms with E-state index in [1.165, 1.54) is 32.0 Å². The molecule has 3 rings (SSSR count). The molecular formula is C19H18N2O6S. The zero-order chi connectivity index (χ0) is 20.6. The molecule has 1 atom stereocenters. The molecule has 1 unspecified atom stereocenters. The Hall–Kier alpha value is -3.20. The van der Waals surface area contributed by atoms with E-state index in [2.05, 4.69) is 5.32 Å². The summed E-state index contributed by atoms with van der Waals surface area (Å²) in [5, 5.41) is 12.4. The lowest BCUT2D eigenvalue weighted by atomic mass is 10.1. The second-order valence-electron chi connectivity index (χ2n) is 6.27. The highest BCUT2D eigenvalue weighted by Crippen LogP contribution is 2.29. The smallest absolute Gasteiger partial charge is 0.262 e. The molecule has 3 amide bonds. The van der Waals surface area contributed by atoms with E-state index in [-0.39, 0.29) is 33.2 Å². The summed E-state index contributed by atoms with van der Waals surface area (Å²) >= 11 is 0. The summed E-state index contributed by atoms with van der Waals surface area (Å²) in [5.74, 6) is -2.39. The van der Waals surface area contributed by atoms with Gasteiger partial charge in [-0.25, -0.2) is 8.42 Å². The number of sulfone groups is 1. The maximum absolute atomic E-state index is 12.6. The van der Waals surface area contributed by atoms with Crippen molar-refractivity contribution in [3.63, 3.8) is 0 Å². The van der Waals surface area contributed by atoms with E-state index in [4.69, 9.17) is 0 Å². The average Bonchev–Trinajstić information content (AvgIpc) is 2.93. The summed E-state index contributed by atoms with van der Waals surface area (Å²) in [4.78, 5) is 38.4. The van der Waals surface area contributed by atoms with Crippen LogP contribution in [-0.2, 0) is 14.6 Å². The highest BCUT2D eigenvalue weighted by Gasteiger charge is 2.40. The molecule has 1 aliphatic heterocycles. The molecule has 2 N–H and O–H groups in total. The summed E-state index contributed by atoms with van der Waals surface area (Å²) < 4.78 is 24.0. The van der Waals surface area contributed by atoms with Crippen LogP contribution in [0.5, 0.6) is 5.75 Å². The van der Waals surface area contributed by atoms with Crippen molar-refractivity contribution >= 4 is 33.2 Å². The van der Waals surface area contributed by atoms with Crippen molar-refractivity contribution in [1.82, 2.24) is 4.90 Å². The van der Waals surface area contributed by atoms with Crippen LogP contribution < -0.4 is 5.32 Å². The number of nitrogens with zero attached hydrogens (tertiary/aromatic N) is 1. The lowest BCUT2D eigenvalue weighted by molar-refractivity contribution is -0.119. The minimum absolute atomic E-state index is 0.0588. The van der Waals surface area contributed by atoms with Crippen LogP contribution in [0.2, 0.25) is 0 Å². The molecule has 2 aromatic rings. The normalized spacial score (nSPS) is 14.7. The number of phenolic OH excluding ortho intramolecular Hbond substituents is 1. The molecule has 0 spiro atoms. The number of hydrogen-bond donors (Lipinski definition) is 2. The van der Waals surface area contributed by atoms with Gasteiger partial charge < -0.3 is 10.4 Å². The predicted molar refractivity (Wildman–Crippen MR) is 101 cm³/mol. The summed E-state index contributed by atoms with van der Waals surface area (Å²) in [6, 6.07) is 8.61. The van der Waals surface area contributed by atoms with E-state index < -0.39 is 33.6 Å². The van der Waals surface area contributed by atoms with E-state index in [9.17, 15) is 27.9 Å². The molecular weight excluding hydrogens is 384 g/mol. The zero-order valence-corrected chi connectivity index (χ0v) is 16.0. The van der Waals surface area contributed by atoms with Gasteiger partial charge in [0, 0.05) is 0 Å². The Morgan fingerprint density at radius 2 is 1.68 bits per heavy atom. The number of carbonyl (C=O) groups is 3. The van der Waals surface area contributed by atoms with Gasteiger partial charge in [0.1, 0.15) is 11.8 Å². The Bertz CT molecular complexity index is 1060. The zero-order valence-electron chi connectivity index (χ0n) is 15.2. The van der Waals surface area contributed by atoms with E-state index in [1.807, 2.05) is 0 Å². The molecule has 0 saturated heterocycles. The Kier molecular flexibility index (Phi) is 4.95. The van der Waals surface area contributed by atoms with Crippen LogP contribution in [0, 0.1) is 0 Å². The SMILES string of the molecule is CCS(=O)(=O)c1ccc(O)c(NC(=O)C(C)N2C(=O)c3ccccc3C2=O)c1. The van der Waals surface area contributed by atoms with Gasteiger partial charge in [-0.05, 0) is 37.3 Å². The minimum Gasteiger partial charge on any atom is -0.506 e. The van der Waals surface area contributed by atoms with Crippen LogP contribution >= 0.6 is 0 Å². The first-order valence-electron chi connectivity index (χ1n) is 8.51. The van der Waals surface area contributed by atoms with Crippen molar-refractivity contribution in [2.24, 2.45) is 0 Å². The molecule has 8 nitrogen and oxygen atoms in total. The van der Waals surface area contributed by atoms with Gasteiger partial charge in [0.25, 0.3) is 11.8 Å². The average molecular weight is 402 g/mol. The molecule has 146 valence electrons. The quantitative estimate of drug-likeness (QED) is 0.581. The maximum atomic E-state index is 12.6. The van der Waals surface area contributed by atoms with Gasteiger partial charge in [0.05, 0.1) is 27.5 Å². The predicted octanol–water partition coefficient (Wildman–Crippen LogP) is 1.81. The molecule has 0 radical (unpaired) electrons. The largest absolute Gasteiger partial charge is 0.506 e. The number of rotatable bonds is 5. The number of imide groups is 1. The van der Waals surface area contributed by atoms with Gasteiger partial charge >= 0.3 is 0 Å². The first-order valence-corrected chi connectivity index (χ1v) is 10.2. The van der Waals surface area contributed by atoms with Crippen molar-refractivity contribution in [3.8, 4) is 5.75 Å². The van der Waals surface area contributed by atoms with Gasteiger partial charge in [0.2, 0.25) is 5.91 Å². The van der Waals surface area contributed by atoms with Gasteiger partial charge in [0.15, 0.2) is 9.84 Å². The van der Waals surface area contributed by atoms with Crippen molar-refractivity contribution in [1.29, 1.82) is 0 Å². The summed E-state index contributed by atoms with van der Waals surface area (Å²) in [6.45, 7) is 2.85. The third-order valence-corrected chi connectivity index (χ3v) is 6.29. The minimum atomic E-state index is -3.54. The van der Waals surface area contributed by atoms with Gasteiger partial charge in [-0.3, -0.25) is 19.3 Å². The number of hydrogen-bond acceptors (Lipinski definition) is 6. The summed E-state index contributed by atoms with van der Waals surface area (Å²) in [7, 11) is -3.54. The number of anilines is 1. The molecule has 1 heterocycles. The molecule has 1 aliphatic rings. The van der Waals surface area contributed by atoms with Gasteiger partial charge in [-0.15, -0.1) is 0 Å². The van der Waals surface area contributed by atoms with Crippen molar-refractivity contribution in [3.05, 3.63) is 53.6 Å². The number of nitrogens with one attached hydrogen (secondary N) is 1. The van der Waals surface area contributed by atoms with Crippen LogP contribution in [0.15, 0.2) is 47.4 Å². The third-order valence-electron chi connectivity index (χ3n) is 4.56. The van der Waals surface area contributed by atoms with Crippen LogP contribution in [0.3, 0.4) is 0 Å². The third kappa shape index (κ3) is 3.24. The van der Waals surface area contributed by atoms with E-state index in [1.54, 1.807) is 12.1 Å². The fraction of sp³-hybridized carbons (Fsp3) is 0.211.